The van der Waals surface area contributed by atoms with E-state index < -0.39 is 0 Å². The van der Waals surface area contributed by atoms with Gasteiger partial charge in [-0.25, -0.2) is 0 Å². The Balaban J connectivity index is 2.20. The van der Waals surface area contributed by atoms with Crippen molar-refractivity contribution in [3.63, 3.8) is 0 Å². The molecule has 15 heavy (non-hydrogen) atoms. The van der Waals surface area contributed by atoms with Gasteiger partial charge in [0.2, 0.25) is 0 Å². The Morgan fingerprint density at radius 2 is 2.13 bits per heavy atom. The van der Waals surface area contributed by atoms with Crippen molar-refractivity contribution in [2.45, 2.75) is 50.8 Å². The van der Waals surface area contributed by atoms with E-state index in [2.05, 4.69) is 31.2 Å². The first-order valence-electron chi connectivity index (χ1n) is 6.06. The Kier molecular flexibility index (Phi) is 5.58. The van der Waals surface area contributed by atoms with Crippen LogP contribution in [0, 0.1) is 0 Å². The van der Waals surface area contributed by atoms with Crippen LogP contribution in [0.2, 0.25) is 0 Å². The van der Waals surface area contributed by atoms with Gasteiger partial charge >= 0.3 is 0 Å². The molecule has 1 saturated carbocycles. The smallest absolute Gasteiger partial charge is 0.0586 e. The third-order valence-electron chi connectivity index (χ3n) is 3.54. The zero-order valence-electron chi connectivity index (χ0n) is 10.6. The summed E-state index contributed by atoms with van der Waals surface area (Å²) < 4.78 is 5.43. The van der Waals surface area contributed by atoms with Crippen molar-refractivity contribution >= 4 is 0 Å². The van der Waals surface area contributed by atoms with Gasteiger partial charge in [-0.3, -0.25) is 0 Å². The zero-order chi connectivity index (χ0) is 11.3. The Morgan fingerprint density at radius 1 is 1.40 bits per heavy atom. The van der Waals surface area contributed by atoms with Crippen LogP contribution in [0.5, 0.6) is 0 Å². The van der Waals surface area contributed by atoms with Crippen molar-refractivity contribution in [2.75, 3.05) is 27.7 Å². The predicted molar refractivity (Wildman–Crippen MR) is 64.2 cm³/mol. The summed E-state index contributed by atoms with van der Waals surface area (Å²) in [6.07, 6.45) is 5.49. The molecule has 90 valence electrons. The van der Waals surface area contributed by atoms with Gasteiger partial charge in [-0.15, -0.1) is 0 Å². The number of nitrogens with one attached hydrogen (secondary N) is 1. The van der Waals surface area contributed by atoms with Crippen LogP contribution in [0.4, 0.5) is 0 Å². The molecule has 0 aliphatic heterocycles. The average molecular weight is 214 g/mol. The molecule has 0 amide bonds. The molecule has 3 atom stereocenters. The first kappa shape index (κ1) is 12.9. The van der Waals surface area contributed by atoms with Gasteiger partial charge in [0.1, 0.15) is 0 Å². The molecule has 1 rings (SSSR count). The van der Waals surface area contributed by atoms with Gasteiger partial charge in [-0.1, -0.05) is 0 Å². The van der Waals surface area contributed by atoms with Gasteiger partial charge in [-0.2, -0.15) is 0 Å². The van der Waals surface area contributed by atoms with E-state index in [4.69, 9.17) is 4.74 Å². The molecule has 0 aromatic carbocycles. The molecule has 1 aliphatic carbocycles. The van der Waals surface area contributed by atoms with E-state index in [-0.39, 0.29) is 0 Å². The lowest BCUT2D eigenvalue weighted by Gasteiger charge is -2.30. The van der Waals surface area contributed by atoms with E-state index in [1.807, 2.05) is 7.11 Å². The zero-order valence-corrected chi connectivity index (χ0v) is 10.6. The van der Waals surface area contributed by atoms with E-state index >= 15 is 0 Å². The van der Waals surface area contributed by atoms with Crippen molar-refractivity contribution in [1.29, 1.82) is 0 Å². The molecule has 0 spiro atoms. The SMILES string of the molecule is COC1CCCC(NCC(C)N(C)C)C1. The van der Waals surface area contributed by atoms with Crippen LogP contribution in [0.25, 0.3) is 0 Å². The fraction of sp³-hybridized carbons (Fsp3) is 1.00. The van der Waals surface area contributed by atoms with Gasteiger partial charge in [0.05, 0.1) is 6.10 Å². The van der Waals surface area contributed by atoms with E-state index in [1.54, 1.807) is 0 Å². The third kappa shape index (κ3) is 4.49. The molecule has 3 heteroatoms. The minimum atomic E-state index is 0.478. The highest BCUT2D eigenvalue weighted by Crippen LogP contribution is 2.20. The van der Waals surface area contributed by atoms with Gasteiger partial charge in [0.15, 0.2) is 0 Å². The van der Waals surface area contributed by atoms with Crippen LogP contribution in [0.15, 0.2) is 0 Å². The fourth-order valence-corrected chi connectivity index (χ4v) is 2.06. The summed E-state index contributed by atoms with van der Waals surface area (Å²) in [4.78, 5) is 2.25. The fourth-order valence-electron chi connectivity index (χ4n) is 2.06. The predicted octanol–water partition coefficient (Wildman–Crippen LogP) is 1.48. The molecular weight excluding hydrogens is 188 g/mol. The van der Waals surface area contributed by atoms with E-state index in [0.717, 1.165) is 6.54 Å². The molecule has 0 radical (unpaired) electrons. The number of rotatable bonds is 5. The van der Waals surface area contributed by atoms with Gasteiger partial charge in [-0.05, 0) is 46.7 Å². The minimum Gasteiger partial charge on any atom is -0.381 e. The topological polar surface area (TPSA) is 24.5 Å². The Labute approximate surface area is 94.2 Å². The highest BCUT2D eigenvalue weighted by molar-refractivity contribution is 4.79. The van der Waals surface area contributed by atoms with E-state index in [9.17, 15) is 0 Å². The Morgan fingerprint density at radius 3 is 2.73 bits per heavy atom. The van der Waals surface area contributed by atoms with Gasteiger partial charge < -0.3 is 15.0 Å². The minimum absolute atomic E-state index is 0.478. The maximum Gasteiger partial charge on any atom is 0.0586 e. The first-order chi connectivity index (χ1) is 7.13. The Hall–Kier alpha value is -0.120. The summed E-state index contributed by atoms with van der Waals surface area (Å²) in [7, 11) is 6.09. The molecule has 0 aromatic rings. The molecule has 1 aliphatic rings. The summed E-state index contributed by atoms with van der Waals surface area (Å²) in [6.45, 7) is 3.33. The second kappa shape index (κ2) is 6.46. The highest BCUT2D eigenvalue weighted by atomic mass is 16.5. The van der Waals surface area contributed by atoms with Crippen LogP contribution in [-0.4, -0.2) is 50.8 Å². The van der Waals surface area contributed by atoms with Crippen molar-refractivity contribution < 1.29 is 4.74 Å². The summed E-state index contributed by atoms with van der Waals surface area (Å²) in [5.41, 5.74) is 0. The molecule has 1 fully saturated rings. The first-order valence-corrected chi connectivity index (χ1v) is 6.06. The van der Waals surface area contributed by atoms with Gasteiger partial charge in [0, 0.05) is 25.7 Å². The normalized spacial score (nSPS) is 29.4. The van der Waals surface area contributed by atoms with Crippen molar-refractivity contribution in [3.05, 3.63) is 0 Å². The van der Waals surface area contributed by atoms with Crippen LogP contribution in [-0.2, 0) is 4.74 Å². The van der Waals surface area contributed by atoms with Crippen molar-refractivity contribution in [2.24, 2.45) is 0 Å². The number of ether oxygens (including phenoxy) is 1. The van der Waals surface area contributed by atoms with Crippen molar-refractivity contribution in [1.82, 2.24) is 10.2 Å². The van der Waals surface area contributed by atoms with Crippen LogP contribution >= 0.6 is 0 Å². The van der Waals surface area contributed by atoms with E-state index in [0.29, 0.717) is 18.2 Å². The quantitative estimate of drug-likeness (QED) is 0.750. The monoisotopic (exact) mass is 214 g/mol. The summed E-state index contributed by atoms with van der Waals surface area (Å²) in [5, 5.41) is 3.65. The maximum absolute atomic E-state index is 5.43. The highest BCUT2D eigenvalue weighted by Gasteiger charge is 2.21. The standard InChI is InChI=1S/C12H26N2O/c1-10(14(2)3)9-13-11-6-5-7-12(8-11)15-4/h10-13H,5-9H2,1-4H3. The summed E-state index contributed by atoms with van der Waals surface area (Å²) in [6, 6.07) is 1.26. The number of nitrogens with zero attached hydrogens (tertiary/aromatic N) is 1. The van der Waals surface area contributed by atoms with E-state index in [1.165, 1.54) is 25.7 Å². The Bertz CT molecular complexity index is 173. The molecule has 0 saturated heterocycles. The largest absolute Gasteiger partial charge is 0.381 e. The average Bonchev–Trinajstić information content (AvgIpc) is 2.26. The van der Waals surface area contributed by atoms with Crippen LogP contribution in [0.1, 0.15) is 32.6 Å². The molecular formula is C12H26N2O. The summed E-state index contributed by atoms with van der Waals surface area (Å²) in [5.74, 6) is 0. The lowest BCUT2D eigenvalue weighted by atomic mass is 9.93. The lowest BCUT2D eigenvalue weighted by Crippen LogP contribution is -2.43. The molecule has 3 unspecified atom stereocenters. The molecule has 1 N–H and O–H groups in total. The third-order valence-corrected chi connectivity index (χ3v) is 3.54. The van der Waals surface area contributed by atoms with Gasteiger partial charge in [0.25, 0.3) is 0 Å². The second-order valence-electron chi connectivity index (χ2n) is 4.94. The number of hydrogen-bond donors (Lipinski definition) is 1. The molecule has 0 heterocycles. The van der Waals surface area contributed by atoms with Crippen LogP contribution in [0.3, 0.4) is 0 Å². The molecule has 0 bridgehead atoms. The summed E-state index contributed by atoms with van der Waals surface area (Å²) >= 11 is 0. The van der Waals surface area contributed by atoms with Crippen molar-refractivity contribution in [3.8, 4) is 0 Å². The number of likely N-dealkylation sites (N-methyl/N-ethyl adjacent to an activating group) is 1. The number of hydrogen-bond acceptors (Lipinski definition) is 3. The lowest BCUT2D eigenvalue weighted by molar-refractivity contribution is 0.0579. The second-order valence-corrected chi connectivity index (χ2v) is 4.94. The molecule has 0 aromatic heterocycles. The van der Waals surface area contributed by atoms with Crippen LogP contribution < -0.4 is 5.32 Å². The molecule has 3 nitrogen and oxygen atoms in total. The number of methoxy groups -OCH3 is 1. The maximum atomic E-state index is 5.43.